The van der Waals surface area contributed by atoms with E-state index < -0.39 is 18.6 Å². The Labute approximate surface area is 192 Å². The van der Waals surface area contributed by atoms with E-state index in [4.69, 9.17) is 16.3 Å². The van der Waals surface area contributed by atoms with Gasteiger partial charge in [0.05, 0.1) is 5.69 Å². The Morgan fingerprint density at radius 1 is 1.15 bits per heavy atom. The SMILES string of the molecule is O=c1c(Nc2ccc(Cl)cc2OCC(F)F)nccn1-c1ccc(CCC2=NNNN2)cc1. The first kappa shape index (κ1) is 22.5. The van der Waals surface area contributed by atoms with Gasteiger partial charge in [-0.05, 0) is 36.2 Å². The van der Waals surface area contributed by atoms with Gasteiger partial charge in [0.25, 0.3) is 12.0 Å². The number of ether oxygens (including phenoxy) is 1. The molecule has 0 aliphatic carbocycles. The molecule has 4 rings (SSSR count). The van der Waals surface area contributed by atoms with Crippen molar-refractivity contribution in [2.75, 3.05) is 11.9 Å². The fraction of sp³-hybridized carbons (Fsp3) is 0.190. The summed E-state index contributed by atoms with van der Waals surface area (Å²) in [6.07, 6.45) is 1.86. The molecule has 9 nitrogen and oxygen atoms in total. The number of nitrogens with zero attached hydrogens (tertiary/aromatic N) is 3. The fourth-order valence-electron chi connectivity index (χ4n) is 3.13. The topological polar surface area (TPSA) is 105 Å². The van der Waals surface area contributed by atoms with Gasteiger partial charge >= 0.3 is 0 Å². The molecule has 0 saturated carbocycles. The molecule has 3 aromatic rings. The van der Waals surface area contributed by atoms with Crippen molar-refractivity contribution in [2.45, 2.75) is 19.3 Å². The van der Waals surface area contributed by atoms with Crippen LogP contribution in [0, 0.1) is 0 Å². The molecule has 1 aliphatic rings. The summed E-state index contributed by atoms with van der Waals surface area (Å²) in [4.78, 5) is 17.1. The van der Waals surface area contributed by atoms with Gasteiger partial charge in [0.15, 0.2) is 5.82 Å². The quantitative estimate of drug-likeness (QED) is 0.377. The maximum Gasteiger partial charge on any atom is 0.298 e. The number of anilines is 2. The summed E-state index contributed by atoms with van der Waals surface area (Å²) in [5.74, 6) is 0.908. The van der Waals surface area contributed by atoms with E-state index in [0.717, 1.165) is 24.2 Å². The van der Waals surface area contributed by atoms with Crippen LogP contribution in [0.2, 0.25) is 5.02 Å². The monoisotopic (exact) mass is 475 g/mol. The molecule has 0 radical (unpaired) electrons. The number of aromatic nitrogens is 2. The van der Waals surface area contributed by atoms with Crippen molar-refractivity contribution in [1.82, 2.24) is 26.0 Å². The lowest BCUT2D eigenvalue weighted by molar-refractivity contribution is 0.0823. The third-order valence-electron chi connectivity index (χ3n) is 4.72. The van der Waals surface area contributed by atoms with E-state index in [9.17, 15) is 13.6 Å². The van der Waals surface area contributed by atoms with Gasteiger partial charge in [-0.25, -0.2) is 19.3 Å². The van der Waals surface area contributed by atoms with Crippen LogP contribution in [0.5, 0.6) is 5.75 Å². The van der Waals surface area contributed by atoms with Crippen LogP contribution in [0.1, 0.15) is 12.0 Å². The first-order chi connectivity index (χ1) is 16.0. The molecule has 1 aromatic heterocycles. The van der Waals surface area contributed by atoms with Gasteiger partial charge in [0.1, 0.15) is 18.2 Å². The Kier molecular flexibility index (Phi) is 7.01. The Hall–Kier alpha value is -3.70. The number of hydrogen-bond acceptors (Lipinski definition) is 8. The van der Waals surface area contributed by atoms with Gasteiger partial charge in [-0.3, -0.25) is 14.8 Å². The fourth-order valence-corrected chi connectivity index (χ4v) is 3.29. The van der Waals surface area contributed by atoms with Gasteiger partial charge < -0.3 is 10.1 Å². The second kappa shape index (κ2) is 10.3. The van der Waals surface area contributed by atoms with E-state index in [2.05, 4.69) is 31.9 Å². The summed E-state index contributed by atoms with van der Waals surface area (Å²) < 4.78 is 31.7. The maximum atomic E-state index is 13.0. The highest BCUT2D eigenvalue weighted by Crippen LogP contribution is 2.30. The largest absolute Gasteiger partial charge is 0.485 e. The molecule has 0 bridgehead atoms. The van der Waals surface area contributed by atoms with Crippen LogP contribution in [0.4, 0.5) is 20.3 Å². The molecule has 0 unspecified atom stereocenters. The van der Waals surface area contributed by atoms with Crippen LogP contribution in [0.15, 0.2) is 64.8 Å². The lowest BCUT2D eigenvalue weighted by atomic mass is 10.1. The van der Waals surface area contributed by atoms with E-state index in [1.54, 1.807) is 12.3 Å². The van der Waals surface area contributed by atoms with Crippen LogP contribution in [0.3, 0.4) is 0 Å². The molecule has 1 aliphatic heterocycles. The zero-order valence-corrected chi connectivity index (χ0v) is 17.9. The first-order valence-corrected chi connectivity index (χ1v) is 10.3. The second-order valence-electron chi connectivity index (χ2n) is 7.01. The summed E-state index contributed by atoms with van der Waals surface area (Å²) in [7, 11) is 0. The molecule has 12 heteroatoms. The summed E-state index contributed by atoms with van der Waals surface area (Å²) in [6, 6.07) is 12.0. The Morgan fingerprint density at radius 2 is 1.97 bits per heavy atom. The highest BCUT2D eigenvalue weighted by molar-refractivity contribution is 6.30. The Balaban J connectivity index is 1.52. The van der Waals surface area contributed by atoms with Gasteiger partial charge in [-0.1, -0.05) is 23.7 Å². The lowest BCUT2D eigenvalue weighted by Gasteiger charge is -2.14. The zero-order valence-electron chi connectivity index (χ0n) is 17.2. The van der Waals surface area contributed by atoms with Gasteiger partial charge in [0, 0.05) is 35.6 Å². The van der Waals surface area contributed by atoms with E-state index in [-0.39, 0.29) is 11.6 Å². The number of alkyl halides is 2. The molecular formula is C21H20ClF2N7O2. The Morgan fingerprint density at radius 3 is 2.70 bits per heavy atom. The summed E-state index contributed by atoms with van der Waals surface area (Å²) in [6.45, 7) is -0.801. The van der Waals surface area contributed by atoms with Crippen molar-refractivity contribution in [3.8, 4) is 11.4 Å². The predicted molar refractivity (Wildman–Crippen MR) is 121 cm³/mol. The molecular weight excluding hydrogens is 456 g/mol. The molecule has 0 amide bonds. The van der Waals surface area contributed by atoms with E-state index in [1.165, 1.54) is 22.9 Å². The average Bonchev–Trinajstić information content (AvgIpc) is 3.33. The molecule has 0 fully saturated rings. The number of benzene rings is 2. The van der Waals surface area contributed by atoms with Crippen LogP contribution < -0.4 is 32.1 Å². The molecule has 172 valence electrons. The minimum absolute atomic E-state index is 0.0103. The molecule has 0 atom stereocenters. The number of hydrazine groups is 2. The van der Waals surface area contributed by atoms with Gasteiger partial charge in [-0.2, -0.15) is 0 Å². The van der Waals surface area contributed by atoms with E-state index >= 15 is 0 Å². The molecule has 2 heterocycles. The highest BCUT2D eigenvalue weighted by atomic mass is 35.5. The van der Waals surface area contributed by atoms with Crippen LogP contribution in [-0.2, 0) is 6.42 Å². The van der Waals surface area contributed by atoms with Crippen LogP contribution in [0.25, 0.3) is 5.69 Å². The number of hydrazone groups is 1. The van der Waals surface area contributed by atoms with E-state index in [0.29, 0.717) is 16.4 Å². The first-order valence-electron chi connectivity index (χ1n) is 9.96. The minimum atomic E-state index is -2.65. The number of rotatable bonds is 9. The van der Waals surface area contributed by atoms with Crippen molar-refractivity contribution in [3.63, 3.8) is 0 Å². The minimum Gasteiger partial charge on any atom is -0.485 e. The average molecular weight is 476 g/mol. The van der Waals surface area contributed by atoms with Gasteiger partial charge in [0.2, 0.25) is 0 Å². The summed E-state index contributed by atoms with van der Waals surface area (Å²) >= 11 is 5.95. The summed E-state index contributed by atoms with van der Waals surface area (Å²) in [5, 5.41) is 7.21. The molecule has 2 aromatic carbocycles. The lowest BCUT2D eigenvalue weighted by Crippen LogP contribution is -2.35. The van der Waals surface area contributed by atoms with Crippen LogP contribution in [-0.4, -0.2) is 28.4 Å². The van der Waals surface area contributed by atoms with E-state index in [1.807, 2.05) is 24.3 Å². The molecule has 0 saturated heterocycles. The third-order valence-corrected chi connectivity index (χ3v) is 4.96. The zero-order chi connectivity index (χ0) is 23.2. The molecule has 4 N–H and O–H groups in total. The standard InChI is InChI=1S/C21H20ClF2N7O2/c22-14-4-7-16(17(11-14)33-12-18(23)24)26-20-21(32)31(10-9-25-20)15-5-1-13(2-6-15)3-8-19-27-29-30-28-19/h1-2,4-7,9-11,18,29-30H,3,8,12H2,(H,25,26)(H,27,28). The normalized spacial score (nSPS) is 12.8. The van der Waals surface area contributed by atoms with Crippen molar-refractivity contribution < 1.29 is 13.5 Å². The van der Waals surface area contributed by atoms with Crippen molar-refractivity contribution in [2.24, 2.45) is 5.10 Å². The van der Waals surface area contributed by atoms with Crippen molar-refractivity contribution >= 4 is 28.9 Å². The third kappa shape index (κ3) is 5.76. The number of amidine groups is 1. The number of nitrogens with one attached hydrogen (secondary N) is 4. The molecule has 0 spiro atoms. The van der Waals surface area contributed by atoms with Crippen molar-refractivity contribution in [1.29, 1.82) is 0 Å². The smallest absolute Gasteiger partial charge is 0.298 e. The summed E-state index contributed by atoms with van der Waals surface area (Å²) in [5.41, 5.74) is 9.81. The highest BCUT2D eigenvalue weighted by Gasteiger charge is 2.13. The van der Waals surface area contributed by atoms with Crippen LogP contribution >= 0.6 is 11.6 Å². The van der Waals surface area contributed by atoms with Gasteiger partial charge in [-0.15, -0.1) is 10.6 Å². The second-order valence-corrected chi connectivity index (χ2v) is 7.44. The van der Waals surface area contributed by atoms with Crippen molar-refractivity contribution in [3.05, 3.63) is 75.8 Å². The number of aryl methyl sites for hydroxylation is 1. The number of halogens is 3. The number of hydrogen-bond donors (Lipinski definition) is 4. The maximum absolute atomic E-state index is 13.0. The Bertz CT molecular complexity index is 1200. The predicted octanol–water partition coefficient (Wildman–Crippen LogP) is 3.13. The molecule has 33 heavy (non-hydrogen) atoms.